The number of aromatic nitrogens is 1. The van der Waals surface area contributed by atoms with Crippen molar-refractivity contribution in [2.24, 2.45) is 5.41 Å². The highest BCUT2D eigenvalue weighted by Crippen LogP contribution is 2.32. The van der Waals surface area contributed by atoms with Crippen molar-refractivity contribution in [3.05, 3.63) is 70.1 Å². The van der Waals surface area contributed by atoms with Gasteiger partial charge in [0.05, 0.1) is 17.0 Å². The van der Waals surface area contributed by atoms with Crippen molar-refractivity contribution < 1.29 is 19.1 Å². The molecule has 0 saturated heterocycles. The summed E-state index contributed by atoms with van der Waals surface area (Å²) >= 11 is 6.01. The largest absolute Gasteiger partial charge is 0.481 e. The highest BCUT2D eigenvalue weighted by molar-refractivity contribution is 6.30. The lowest BCUT2D eigenvalue weighted by Gasteiger charge is -2.29. The maximum Gasteiger partial charge on any atom is 0.309 e. The topological polar surface area (TPSA) is 62.5 Å². The number of amides is 1. The van der Waals surface area contributed by atoms with E-state index in [0.717, 1.165) is 23.2 Å². The molecule has 0 bridgehead atoms. The Balaban J connectivity index is 1.56. The van der Waals surface area contributed by atoms with Gasteiger partial charge in [0.15, 0.2) is 0 Å². The van der Waals surface area contributed by atoms with Gasteiger partial charge in [-0.25, -0.2) is 4.39 Å². The zero-order chi connectivity index (χ0) is 23.8. The van der Waals surface area contributed by atoms with E-state index < -0.39 is 17.2 Å². The van der Waals surface area contributed by atoms with E-state index in [4.69, 9.17) is 11.6 Å². The molecule has 0 fully saturated rings. The van der Waals surface area contributed by atoms with Gasteiger partial charge in [0, 0.05) is 36.1 Å². The Morgan fingerprint density at radius 3 is 2.67 bits per heavy atom. The second-order valence-electron chi connectivity index (χ2n) is 9.38. The Labute approximate surface area is 197 Å². The van der Waals surface area contributed by atoms with Gasteiger partial charge in [-0.3, -0.25) is 9.59 Å². The van der Waals surface area contributed by atoms with Crippen LogP contribution in [-0.4, -0.2) is 33.0 Å². The number of rotatable bonds is 7. The van der Waals surface area contributed by atoms with Crippen molar-refractivity contribution in [1.29, 1.82) is 0 Å². The molecule has 3 aromatic rings. The average molecular weight is 471 g/mol. The summed E-state index contributed by atoms with van der Waals surface area (Å²) in [6.07, 6.45) is 2.09. The molecule has 0 spiro atoms. The van der Waals surface area contributed by atoms with Gasteiger partial charge in [0.25, 0.3) is 0 Å². The first-order chi connectivity index (χ1) is 15.7. The minimum atomic E-state index is -0.844. The standard InChI is InChI=1S/C26H28ClFN2O3/c1-26(2,25(32)33)12-5-8-24(31)29-13-11-19-18-6-3-4-7-22(18)30(23(19)16-29)15-17-9-10-21(28)20(27)14-17/h3-4,6-7,9-10,14H,5,8,11-13,15-16H2,1-2H3,(H,32,33). The van der Waals surface area contributed by atoms with E-state index in [1.165, 1.54) is 17.0 Å². The highest BCUT2D eigenvalue weighted by Gasteiger charge is 2.29. The molecule has 1 aliphatic heterocycles. The molecule has 1 aliphatic rings. The number of halogens is 2. The van der Waals surface area contributed by atoms with Crippen molar-refractivity contribution >= 4 is 34.4 Å². The predicted octanol–water partition coefficient (Wildman–Crippen LogP) is 5.65. The Morgan fingerprint density at radius 1 is 1.18 bits per heavy atom. The molecule has 0 aliphatic carbocycles. The van der Waals surface area contributed by atoms with E-state index in [0.29, 0.717) is 38.9 Å². The lowest BCUT2D eigenvalue weighted by atomic mass is 9.87. The third-order valence-corrected chi connectivity index (χ3v) is 6.90. The fourth-order valence-electron chi connectivity index (χ4n) is 4.55. The first kappa shape index (κ1) is 23.3. The molecule has 2 heterocycles. The lowest BCUT2D eigenvalue weighted by molar-refractivity contribution is -0.147. The van der Waals surface area contributed by atoms with Crippen molar-refractivity contribution in [1.82, 2.24) is 9.47 Å². The van der Waals surface area contributed by atoms with Crippen LogP contribution in [0.3, 0.4) is 0 Å². The normalized spacial score (nSPS) is 13.9. The van der Waals surface area contributed by atoms with E-state index in [-0.39, 0.29) is 10.9 Å². The van der Waals surface area contributed by atoms with Crippen LogP contribution < -0.4 is 0 Å². The smallest absolute Gasteiger partial charge is 0.309 e. The van der Waals surface area contributed by atoms with Gasteiger partial charge >= 0.3 is 5.97 Å². The fraction of sp³-hybridized carbons (Fsp3) is 0.385. The average Bonchev–Trinajstić information content (AvgIpc) is 3.09. The van der Waals surface area contributed by atoms with Crippen LogP contribution in [-0.2, 0) is 29.1 Å². The quantitative estimate of drug-likeness (QED) is 0.485. The third-order valence-electron chi connectivity index (χ3n) is 6.62. The number of hydrogen-bond donors (Lipinski definition) is 1. The molecule has 1 aromatic heterocycles. The van der Waals surface area contributed by atoms with Gasteiger partial charge in [-0.05, 0) is 62.4 Å². The molecule has 33 heavy (non-hydrogen) atoms. The van der Waals surface area contributed by atoms with E-state index in [1.54, 1.807) is 26.0 Å². The molecule has 0 radical (unpaired) electrons. The lowest BCUT2D eigenvalue weighted by Crippen LogP contribution is -2.36. The summed E-state index contributed by atoms with van der Waals surface area (Å²) < 4.78 is 15.8. The molecule has 0 unspecified atom stereocenters. The summed E-state index contributed by atoms with van der Waals surface area (Å²) in [4.78, 5) is 26.1. The minimum Gasteiger partial charge on any atom is -0.481 e. The Hall–Kier alpha value is -2.86. The predicted molar refractivity (Wildman–Crippen MR) is 127 cm³/mol. The van der Waals surface area contributed by atoms with E-state index >= 15 is 0 Å². The number of carbonyl (C=O) groups is 2. The Morgan fingerprint density at radius 2 is 1.94 bits per heavy atom. The number of para-hydroxylation sites is 1. The van der Waals surface area contributed by atoms with Gasteiger partial charge in [0.1, 0.15) is 5.82 Å². The number of hydrogen-bond acceptors (Lipinski definition) is 2. The Kier molecular flexibility index (Phi) is 6.48. The molecule has 174 valence electrons. The molecule has 5 nitrogen and oxygen atoms in total. The summed E-state index contributed by atoms with van der Waals surface area (Å²) in [6, 6.07) is 12.9. The molecule has 2 aromatic carbocycles. The second kappa shape index (κ2) is 9.18. The number of fused-ring (bicyclic) bond motifs is 3. The number of carboxylic acids is 1. The van der Waals surface area contributed by atoms with Crippen molar-refractivity contribution in [2.45, 2.75) is 52.6 Å². The van der Waals surface area contributed by atoms with Crippen molar-refractivity contribution in [3.8, 4) is 0 Å². The molecule has 0 saturated carbocycles. The summed E-state index contributed by atoms with van der Waals surface area (Å²) in [5.41, 5.74) is 3.47. The SMILES string of the molecule is CC(C)(CCCC(=O)N1CCc2c(n(Cc3ccc(F)c(Cl)c3)c3ccccc23)C1)C(=O)O. The van der Waals surface area contributed by atoms with Crippen LogP contribution in [0.25, 0.3) is 10.9 Å². The van der Waals surface area contributed by atoms with Crippen LogP contribution >= 0.6 is 11.6 Å². The molecule has 4 rings (SSSR count). The van der Waals surface area contributed by atoms with Crippen molar-refractivity contribution in [2.75, 3.05) is 6.54 Å². The van der Waals surface area contributed by atoms with Gasteiger partial charge in [-0.1, -0.05) is 35.9 Å². The van der Waals surface area contributed by atoms with Gasteiger partial charge in [-0.2, -0.15) is 0 Å². The van der Waals surface area contributed by atoms with Crippen LogP contribution in [0.4, 0.5) is 4.39 Å². The zero-order valence-electron chi connectivity index (χ0n) is 18.9. The van der Waals surface area contributed by atoms with E-state index in [9.17, 15) is 19.1 Å². The van der Waals surface area contributed by atoms with Crippen molar-refractivity contribution in [3.63, 3.8) is 0 Å². The first-order valence-corrected chi connectivity index (χ1v) is 11.6. The van der Waals surface area contributed by atoms with Gasteiger partial charge in [-0.15, -0.1) is 0 Å². The second-order valence-corrected chi connectivity index (χ2v) is 9.79. The van der Waals surface area contributed by atoms with E-state index in [1.807, 2.05) is 17.0 Å². The Bertz CT molecular complexity index is 1220. The van der Waals surface area contributed by atoms with Gasteiger partial charge in [0.2, 0.25) is 5.91 Å². The van der Waals surface area contributed by atoms with Gasteiger partial charge < -0.3 is 14.6 Å². The maximum atomic E-state index is 13.6. The number of nitrogens with zero attached hydrogens (tertiary/aromatic N) is 2. The number of aliphatic carboxylic acids is 1. The zero-order valence-corrected chi connectivity index (χ0v) is 19.7. The summed E-state index contributed by atoms with van der Waals surface area (Å²) in [5.74, 6) is -1.24. The molecule has 0 atom stereocenters. The van der Waals surface area contributed by atoms with Crippen LogP contribution in [0.1, 0.15) is 49.9 Å². The van der Waals surface area contributed by atoms with Crippen LogP contribution in [0.5, 0.6) is 0 Å². The third kappa shape index (κ3) is 4.76. The number of benzene rings is 2. The first-order valence-electron chi connectivity index (χ1n) is 11.2. The number of carbonyl (C=O) groups excluding carboxylic acids is 1. The molecule has 1 amide bonds. The maximum absolute atomic E-state index is 13.6. The summed E-state index contributed by atoms with van der Waals surface area (Å²) in [6.45, 7) is 5.05. The highest BCUT2D eigenvalue weighted by atomic mass is 35.5. The molecular formula is C26H28ClFN2O3. The molecule has 7 heteroatoms. The van der Waals surface area contributed by atoms with Crippen LogP contribution in [0.2, 0.25) is 5.02 Å². The summed E-state index contributed by atoms with van der Waals surface area (Å²) in [7, 11) is 0. The van der Waals surface area contributed by atoms with Crippen LogP contribution in [0, 0.1) is 11.2 Å². The fourth-order valence-corrected chi connectivity index (χ4v) is 4.76. The summed E-state index contributed by atoms with van der Waals surface area (Å²) in [5, 5.41) is 10.6. The van der Waals surface area contributed by atoms with E-state index in [2.05, 4.69) is 16.7 Å². The minimum absolute atomic E-state index is 0.0449. The van der Waals surface area contributed by atoms with Crippen LogP contribution in [0.15, 0.2) is 42.5 Å². The number of carboxylic acid groups (broad SMARTS) is 1. The molecule has 1 N–H and O–H groups in total. The molecular weight excluding hydrogens is 443 g/mol. The monoisotopic (exact) mass is 470 g/mol.